The van der Waals surface area contributed by atoms with Crippen LogP contribution in [0.25, 0.3) is 0 Å². The maximum absolute atomic E-state index is 9.55. The van der Waals surface area contributed by atoms with Gasteiger partial charge < -0.3 is 29.7 Å². The highest BCUT2D eigenvalue weighted by atomic mass is 32.2. The third kappa shape index (κ3) is 8.19. The van der Waals surface area contributed by atoms with Gasteiger partial charge in [0.05, 0.1) is 10.9 Å². The van der Waals surface area contributed by atoms with Crippen LogP contribution >= 0.6 is 23.5 Å². The molecule has 2 aromatic carbocycles. The first-order valence-corrected chi connectivity index (χ1v) is 12.6. The van der Waals surface area contributed by atoms with Gasteiger partial charge in [0.2, 0.25) is 6.79 Å². The number of hydrogen-bond acceptors (Lipinski definition) is 8. The van der Waals surface area contributed by atoms with E-state index in [0.29, 0.717) is 30.9 Å². The molecule has 8 nitrogen and oxygen atoms in total. The first-order valence-electron chi connectivity index (χ1n) is 10.7. The number of nitrogens with one attached hydrogen (secondary N) is 1. The lowest BCUT2D eigenvalue weighted by atomic mass is 10.2. The average Bonchev–Trinajstić information content (AvgIpc) is 3.22. The number of carboxylic acid groups (broad SMARTS) is 2. The van der Waals surface area contributed by atoms with Crippen LogP contribution in [0.3, 0.4) is 0 Å². The molecule has 2 aromatic rings. The number of carbonyl (C=O) groups is 2. The molecule has 2 aliphatic rings. The van der Waals surface area contributed by atoms with Gasteiger partial charge in [-0.1, -0.05) is 25.1 Å². The Labute approximate surface area is 206 Å². The largest absolute Gasteiger partial charge is 0.491 e. The highest BCUT2D eigenvalue weighted by Crippen LogP contribution is 2.41. The zero-order chi connectivity index (χ0) is 24.3. The molecule has 4 rings (SSSR count). The molecule has 0 radical (unpaired) electrons. The van der Waals surface area contributed by atoms with Crippen molar-refractivity contribution < 1.29 is 34.0 Å². The molecule has 182 valence electrons. The second kappa shape index (κ2) is 13.2. The summed E-state index contributed by atoms with van der Waals surface area (Å²) in [6, 6.07) is 14.7. The van der Waals surface area contributed by atoms with E-state index >= 15 is 0 Å². The van der Waals surface area contributed by atoms with Gasteiger partial charge in [-0.2, -0.15) is 0 Å². The Morgan fingerprint density at radius 2 is 1.82 bits per heavy atom. The molecule has 2 atom stereocenters. The van der Waals surface area contributed by atoms with Gasteiger partial charge in [0, 0.05) is 28.6 Å². The summed E-state index contributed by atoms with van der Waals surface area (Å²) >= 11 is 3.70. The molecular weight excluding hydrogens is 478 g/mol. The van der Waals surface area contributed by atoms with Crippen molar-refractivity contribution in [3.8, 4) is 17.2 Å². The molecule has 3 N–H and O–H groups in total. The molecule has 0 unspecified atom stereocenters. The van der Waals surface area contributed by atoms with E-state index in [4.69, 9.17) is 24.4 Å². The SMILES string of the molecule is C[C@@H](CN[C@@H]1COc2ccccc2SC1)CSc1cccc2c1OCO2.O=C(O)/C=C\C(=O)O. The molecule has 2 heterocycles. The lowest BCUT2D eigenvalue weighted by Crippen LogP contribution is -2.39. The minimum absolute atomic E-state index is 0.325. The monoisotopic (exact) mass is 505 g/mol. The number of ether oxygens (including phenoxy) is 3. The Morgan fingerprint density at radius 1 is 1.09 bits per heavy atom. The highest BCUT2D eigenvalue weighted by molar-refractivity contribution is 7.99. The molecule has 10 heteroatoms. The summed E-state index contributed by atoms with van der Waals surface area (Å²) in [7, 11) is 0. The fourth-order valence-corrected chi connectivity index (χ4v) is 5.14. The Bertz CT molecular complexity index is 972. The normalized spacial score (nSPS) is 17.0. The van der Waals surface area contributed by atoms with Gasteiger partial charge >= 0.3 is 11.9 Å². The summed E-state index contributed by atoms with van der Waals surface area (Å²) in [5.41, 5.74) is 0. The van der Waals surface area contributed by atoms with Crippen molar-refractivity contribution in [2.45, 2.75) is 22.8 Å². The number of thioether (sulfide) groups is 2. The number of carboxylic acids is 2. The van der Waals surface area contributed by atoms with E-state index in [1.54, 1.807) is 0 Å². The third-order valence-corrected chi connectivity index (χ3v) is 7.32. The first-order chi connectivity index (χ1) is 16.4. The predicted molar refractivity (Wildman–Crippen MR) is 131 cm³/mol. The number of aliphatic carboxylic acids is 2. The topological polar surface area (TPSA) is 114 Å². The molecule has 0 spiro atoms. The van der Waals surface area contributed by atoms with Crippen LogP contribution in [0.15, 0.2) is 64.4 Å². The van der Waals surface area contributed by atoms with Crippen molar-refractivity contribution >= 4 is 35.5 Å². The Hall–Kier alpha value is -2.82. The molecule has 0 saturated heterocycles. The second-order valence-corrected chi connectivity index (χ2v) is 9.71. The van der Waals surface area contributed by atoms with Crippen LogP contribution in [0.2, 0.25) is 0 Å². The Kier molecular flexibility index (Phi) is 9.99. The standard InChI is InChI=1S/C20H23NO3S2.C4H4O4/c1-14(11-25-19-8-4-6-17-20(19)24-13-23-17)9-21-15-10-22-16-5-2-3-7-18(16)26-12-15;5-3(6)1-2-4(7)8/h2-8,14-15,21H,9-13H2,1H3;1-2H,(H,5,6)(H,7,8)/b;2-1-/t14-,15+;/m0./s1. The van der Waals surface area contributed by atoms with Gasteiger partial charge in [0.1, 0.15) is 12.4 Å². The van der Waals surface area contributed by atoms with Crippen LogP contribution in [0, 0.1) is 5.92 Å². The van der Waals surface area contributed by atoms with E-state index in [0.717, 1.165) is 46.8 Å². The van der Waals surface area contributed by atoms with Crippen LogP contribution in [0.4, 0.5) is 0 Å². The quantitative estimate of drug-likeness (QED) is 0.359. The number of rotatable bonds is 8. The van der Waals surface area contributed by atoms with E-state index in [2.05, 4.69) is 30.4 Å². The maximum Gasteiger partial charge on any atom is 0.328 e. The van der Waals surface area contributed by atoms with Crippen molar-refractivity contribution in [3.05, 3.63) is 54.6 Å². The molecule has 0 aromatic heterocycles. The van der Waals surface area contributed by atoms with Gasteiger partial charge in [-0.25, -0.2) is 9.59 Å². The molecule has 0 fully saturated rings. The minimum Gasteiger partial charge on any atom is -0.491 e. The predicted octanol–water partition coefficient (Wildman–Crippen LogP) is 4.00. The van der Waals surface area contributed by atoms with Crippen molar-refractivity contribution in [2.24, 2.45) is 5.92 Å². The first kappa shape index (κ1) is 25.8. The van der Waals surface area contributed by atoms with Gasteiger partial charge in [0.15, 0.2) is 11.5 Å². The van der Waals surface area contributed by atoms with E-state index in [1.807, 2.05) is 47.8 Å². The number of benzene rings is 2. The van der Waals surface area contributed by atoms with E-state index in [9.17, 15) is 9.59 Å². The van der Waals surface area contributed by atoms with Crippen LogP contribution in [0.1, 0.15) is 6.92 Å². The lowest BCUT2D eigenvalue weighted by Gasteiger charge is -2.19. The van der Waals surface area contributed by atoms with Crippen molar-refractivity contribution in [2.75, 3.05) is 31.5 Å². The zero-order valence-electron chi connectivity index (χ0n) is 18.6. The summed E-state index contributed by atoms with van der Waals surface area (Å²) in [6.45, 7) is 4.30. The van der Waals surface area contributed by atoms with Gasteiger partial charge in [-0.05, 0) is 36.7 Å². The van der Waals surface area contributed by atoms with Crippen molar-refractivity contribution in [1.82, 2.24) is 5.32 Å². The van der Waals surface area contributed by atoms with Crippen molar-refractivity contribution in [1.29, 1.82) is 0 Å². The van der Waals surface area contributed by atoms with E-state index in [1.165, 1.54) is 4.90 Å². The zero-order valence-corrected chi connectivity index (χ0v) is 20.3. The van der Waals surface area contributed by atoms with Gasteiger partial charge in [0.25, 0.3) is 0 Å². The molecule has 0 bridgehead atoms. The third-order valence-electron chi connectivity index (χ3n) is 4.74. The summed E-state index contributed by atoms with van der Waals surface area (Å²) in [5, 5.41) is 19.3. The minimum atomic E-state index is -1.26. The van der Waals surface area contributed by atoms with Crippen LogP contribution in [-0.4, -0.2) is 59.6 Å². The summed E-state index contributed by atoms with van der Waals surface area (Å²) in [5.74, 6) is 2.86. The van der Waals surface area contributed by atoms with Gasteiger partial charge in [-0.15, -0.1) is 23.5 Å². The summed E-state index contributed by atoms with van der Waals surface area (Å²) in [4.78, 5) is 21.5. The van der Waals surface area contributed by atoms with E-state index in [-0.39, 0.29) is 0 Å². The van der Waals surface area contributed by atoms with Crippen LogP contribution < -0.4 is 19.5 Å². The molecular formula is C24H27NO7S2. The van der Waals surface area contributed by atoms with Crippen LogP contribution in [0.5, 0.6) is 17.2 Å². The fraction of sp³-hybridized carbons (Fsp3) is 0.333. The average molecular weight is 506 g/mol. The summed E-state index contributed by atoms with van der Waals surface area (Å²) < 4.78 is 17.0. The van der Waals surface area contributed by atoms with E-state index < -0.39 is 11.9 Å². The van der Waals surface area contributed by atoms with Gasteiger partial charge in [-0.3, -0.25) is 0 Å². The second-order valence-electron chi connectivity index (χ2n) is 7.59. The molecule has 0 amide bonds. The summed E-state index contributed by atoms with van der Waals surface area (Å²) in [6.07, 6.45) is 1.12. The highest BCUT2D eigenvalue weighted by Gasteiger charge is 2.20. The smallest absolute Gasteiger partial charge is 0.328 e. The molecule has 0 saturated carbocycles. The number of para-hydroxylation sites is 2. The molecule has 2 aliphatic heterocycles. The Balaban J connectivity index is 0.000000350. The lowest BCUT2D eigenvalue weighted by molar-refractivity contribution is -0.134. The number of hydrogen-bond donors (Lipinski definition) is 3. The van der Waals surface area contributed by atoms with Crippen molar-refractivity contribution in [3.63, 3.8) is 0 Å². The number of fused-ring (bicyclic) bond motifs is 2. The fourth-order valence-electron chi connectivity index (χ4n) is 3.05. The maximum atomic E-state index is 9.55. The molecule has 34 heavy (non-hydrogen) atoms. The Morgan fingerprint density at radius 3 is 2.59 bits per heavy atom. The molecule has 0 aliphatic carbocycles. The van der Waals surface area contributed by atoms with Crippen LogP contribution in [-0.2, 0) is 9.59 Å².